The topological polar surface area (TPSA) is 86.6 Å². The first-order valence-electron chi connectivity index (χ1n) is 4.54. The maximum atomic E-state index is 11.4. The number of carboxylic acids is 1. The Morgan fingerprint density at radius 3 is 2.53 bits per heavy atom. The molecule has 0 radical (unpaired) electrons. The molecule has 0 bridgehead atoms. The summed E-state index contributed by atoms with van der Waals surface area (Å²) in [7, 11) is 0. The molecule has 1 amide bonds. The van der Waals surface area contributed by atoms with Crippen LogP contribution in [0.2, 0.25) is 0 Å². The first kappa shape index (κ1) is 14.0. The average molecular weight is 367 g/mol. The van der Waals surface area contributed by atoms with E-state index < -0.39 is 5.97 Å². The molecule has 0 saturated carbocycles. The molecule has 1 aromatic carbocycles. The van der Waals surface area contributed by atoms with Gasteiger partial charge in [0.25, 0.3) is 0 Å². The van der Waals surface area contributed by atoms with Gasteiger partial charge < -0.3 is 15.5 Å². The van der Waals surface area contributed by atoms with Gasteiger partial charge in [-0.15, -0.1) is 0 Å². The molecule has 0 fully saturated rings. The molecule has 0 aliphatic carbocycles. The Balaban J connectivity index is 2.82. The second kappa shape index (κ2) is 6.02. The van der Waals surface area contributed by atoms with E-state index in [0.29, 0.717) is 5.69 Å². The highest BCUT2D eigenvalue weighted by Gasteiger charge is 2.12. The minimum absolute atomic E-state index is 0.147. The number of aromatic carboxylic acids is 1. The Morgan fingerprint density at radius 1 is 1.35 bits per heavy atom. The lowest BCUT2D eigenvalue weighted by molar-refractivity contribution is -0.115. The Labute approximate surface area is 114 Å². The summed E-state index contributed by atoms with van der Waals surface area (Å²) in [4.78, 5) is 22.2. The van der Waals surface area contributed by atoms with Crippen molar-refractivity contribution < 1.29 is 19.8 Å². The largest absolute Gasteiger partial charge is 0.507 e. The van der Waals surface area contributed by atoms with Gasteiger partial charge >= 0.3 is 5.97 Å². The Hall–Kier alpha value is -1.08. The molecule has 0 aliphatic rings. The van der Waals surface area contributed by atoms with E-state index in [9.17, 15) is 14.7 Å². The van der Waals surface area contributed by atoms with E-state index in [2.05, 4.69) is 37.2 Å². The lowest BCUT2D eigenvalue weighted by Crippen LogP contribution is -2.14. The summed E-state index contributed by atoms with van der Waals surface area (Å²) >= 11 is 6.32. The number of anilines is 1. The van der Waals surface area contributed by atoms with Gasteiger partial charge in [0, 0.05) is 12.1 Å². The van der Waals surface area contributed by atoms with Gasteiger partial charge in [0.15, 0.2) is 0 Å². The highest BCUT2D eigenvalue weighted by Crippen LogP contribution is 2.22. The summed E-state index contributed by atoms with van der Waals surface area (Å²) in [5, 5.41) is 20.6. The van der Waals surface area contributed by atoms with Crippen LogP contribution in [0.3, 0.4) is 0 Å². The molecule has 5 nitrogen and oxygen atoms in total. The van der Waals surface area contributed by atoms with Gasteiger partial charge in [-0.3, -0.25) is 4.79 Å². The summed E-state index contributed by atoms with van der Waals surface area (Å²) in [6.07, 6.45) is 0.198. The Morgan fingerprint density at radius 2 is 2.00 bits per heavy atom. The first-order valence-corrected chi connectivity index (χ1v) is 6.37. The molecule has 17 heavy (non-hydrogen) atoms. The molecular weight excluding hydrogens is 358 g/mol. The molecule has 0 aliphatic heterocycles. The highest BCUT2D eigenvalue weighted by molar-refractivity contribution is 9.24. The van der Waals surface area contributed by atoms with Crippen LogP contribution in [0.4, 0.5) is 5.69 Å². The number of amides is 1. The minimum Gasteiger partial charge on any atom is -0.507 e. The fourth-order valence-electron chi connectivity index (χ4n) is 1.14. The maximum Gasteiger partial charge on any atom is 0.339 e. The van der Waals surface area contributed by atoms with Crippen LogP contribution in [0, 0.1) is 0 Å². The zero-order chi connectivity index (χ0) is 13.0. The molecule has 0 saturated heterocycles. The fourth-order valence-corrected chi connectivity index (χ4v) is 1.73. The van der Waals surface area contributed by atoms with Crippen LogP contribution < -0.4 is 5.32 Å². The van der Waals surface area contributed by atoms with Crippen molar-refractivity contribution >= 4 is 49.4 Å². The monoisotopic (exact) mass is 365 g/mol. The smallest absolute Gasteiger partial charge is 0.339 e. The van der Waals surface area contributed by atoms with Gasteiger partial charge in [-0.1, -0.05) is 31.9 Å². The highest BCUT2D eigenvalue weighted by atomic mass is 79.9. The van der Waals surface area contributed by atoms with Crippen molar-refractivity contribution in [2.75, 3.05) is 5.32 Å². The number of carbonyl (C=O) groups is 2. The van der Waals surface area contributed by atoms with Gasteiger partial charge in [0.1, 0.15) is 11.3 Å². The van der Waals surface area contributed by atoms with Gasteiger partial charge in [0.05, 0.1) is 3.74 Å². The summed E-state index contributed by atoms with van der Waals surface area (Å²) in [5.74, 6) is -1.86. The summed E-state index contributed by atoms with van der Waals surface area (Å²) in [6.45, 7) is 0. The minimum atomic E-state index is -1.25. The molecular formula is C10H9Br2NO4. The molecule has 7 heteroatoms. The standard InChI is InChI=1S/C10H9Br2NO4/c11-8(12)4-9(15)13-5-1-2-7(14)6(3-5)10(16)17/h1-3,8,14H,4H2,(H,13,15)(H,16,17). The summed E-state index contributed by atoms with van der Waals surface area (Å²) < 4.78 is -0.147. The normalized spacial score (nSPS) is 10.3. The molecule has 0 spiro atoms. The number of aromatic hydroxyl groups is 1. The van der Waals surface area contributed by atoms with Crippen LogP contribution in [0.1, 0.15) is 16.8 Å². The number of alkyl halides is 2. The first-order chi connectivity index (χ1) is 7.90. The van der Waals surface area contributed by atoms with Crippen molar-refractivity contribution in [1.82, 2.24) is 0 Å². The third-order valence-corrected chi connectivity index (χ3v) is 2.50. The fraction of sp³-hybridized carbons (Fsp3) is 0.200. The van der Waals surface area contributed by atoms with Crippen LogP contribution in [0.25, 0.3) is 0 Å². The number of hydrogen-bond acceptors (Lipinski definition) is 3. The third kappa shape index (κ3) is 4.35. The molecule has 3 N–H and O–H groups in total. The zero-order valence-electron chi connectivity index (χ0n) is 8.48. The van der Waals surface area contributed by atoms with Crippen LogP contribution in [-0.4, -0.2) is 25.8 Å². The van der Waals surface area contributed by atoms with Gasteiger partial charge in [-0.25, -0.2) is 4.79 Å². The summed E-state index contributed by atoms with van der Waals surface area (Å²) in [6, 6.07) is 3.85. The van der Waals surface area contributed by atoms with E-state index in [1.807, 2.05) is 0 Å². The summed E-state index contributed by atoms with van der Waals surface area (Å²) in [5.41, 5.74) is 0.0721. The van der Waals surface area contributed by atoms with Gasteiger partial charge in [-0.2, -0.15) is 0 Å². The van der Waals surface area contributed by atoms with Crippen molar-refractivity contribution in [3.8, 4) is 5.75 Å². The van der Waals surface area contributed by atoms with Gasteiger partial charge in [-0.05, 0) is 18.2 Å². The second-order valence-electron chi connectivity index (χ2n) is 3.18. The van der Waals surface area contributed by atoms with Gasteiger partial charge in [0.2, 0.25) is 5.91 Å². The zero-order valence-corrected chi connectivity index (χ0v) is 11.7. The number of rotatable bonds is 4. The van der Waals surface area contributed by atoms with Crippen LogP contribution in [-0.2, 0) is 4.79 Å². The molecule has 0 unspecified atom stereocenters. The van der Waals surface area contributed by atoms with E-state index in [-0.39, 0.29) is 27.4 Å². The number of halogens is 2. The number of carbonyl (C=O) groups excluding carboxylic acids is 1. The molecule has 0 heterocycles. The van der Waals surface area contributed by atoms with Crippen molar-refractivity contribution in [2.45, 2.75) is 10.2 Å². The lowest BCUT2D eigenvalue weighted by atomic mass is 10.2. The SMILES string of the molecule is O=C(CC(Br)Br)Nc1ccc(O)c(C(=O)O)c1. The van der Waals surface area contributed by atoms with Crippen molar-refractivity contribution in [3.63, 3.8) is 0 Å². The molecule has 0 atom stereocenters. The number of hydrogen-bond donors (Lipinski definition) is 3. The second-order valence-corrected chi connectivity index (χ2v) is 6.62. The molecule has 1 aromatic rings. The van der Waals surface area contributed by atoms with Crippen molar-refractivity contribution in [3.05, 3.63) is 23.8 Å². The predicted octanol–water partition coefficient (Wildman–Crippen LogP) is 2.53. The van der Waals surface area contributed by atoms with E-state index in [1.54, 1.807) is 0 Å². The third-order valence-electron chi connectivity index (χ3n) is 1.85. The number of nitrogens with one attached hydrogen (secondary N) is 1. The number of benzene rings is 1. The Bertz CT molecular complexity index is 448. The quantitative estimate of drug-likeness (QED) is 0.564. The molecule has 1 rings (SSSR count). The predicted molar refractivity (Wildman–Crippen MR) is 70.0 cm³/mol. The number of carboxylic acid groups (broad SMARTS) is 1. The lowest BCUT2D eigenvalue weighted by Gasteiger charge is -2.07. The van der Waals surface area contributed by atoms with Crippen molar-refractivity contribution in [2.24, 2.45) is 0 Å². The maximum absolute atomic E-state index is 11.4. The van der Waals surface area contributed by atoms with Crippen molar-refractivity contribution in [1.29, 1.82) is 0 Å². The van der Waals surface area contributed by atoms with E-state index in [1.165, 1.54) is 18.2 Å². The van der Waals surface area contributed by atoms with E-state index >= 15 is 0 Å². The van der Waals surface area contributed by atoms with E-state index in [4.69, 9.17) is 5.11 Å². The van der Waals surface area contributed by atoms with Crippen LogP contribution >= 0.6 is 31.9 Å². The molecule has 92 valence electrons. The van der Waals surface area contributed by atoms with Crippen LogP contribution in [0.5, 0.6) is 5.75 Å². The van der Waals surface area contributed by atoms with Crippen LogP contribution in [0.15, 0.2) is 18.2 Å². The van der Waals surface area contributed by atoms with E-state index in [0.717, 1.165) is 0 Å². The number of phenols is 1. The Kier molecular flexibility index (Phi) is 4.95. The molecule has 0 aromatic heterocycles. The average Bonchev–Trinajstić information content (AvgIpc) is 2.19.